The van der Waals surface area contributed by atoms with Crippen LogP contribution < -0.4 is 5.32 Å². The number of nitrogens with one attached hydrogen (secondary N) is 1. The van der Waals surface area contributed by atoms with Gasteiger partial charge in [0, 0.05) is 0 Å². The van der Waals surface area contributed by atoms with E-state index in [2.05, 4.69) is 22.9 Å². The number of thiazole rings is 1. The molecule has 4 nitrogen and oxygen atoms in total. The molecule has 0 saturated heterocycles. The minimum atomic E-state index is -0.500. The first-order valence-corrected chi connectivity index (χ1v) is 5.28. The first-order valence-electron chi connectivity index (χ1n) is 4.01. The highest BCUT2D eigenvalue weighted by molar-refractivity contribution is 7.83. The number of aromatic nitrogens is 1. The zero-order valence-corrected chi connectivity index (χ0v) is 9.91. The van der Waals surface area contributed by atoms with Crippen LogP contribution in [-0.4, -0.2) is 16.7 Å². The molecule has 0 aliphatic carbocycles. The van der Waals surface area contributed by atoms with Crippen molar-refractivity contribution in [3.8, 4) is 0 Å². The number of anilines is 1. The van der Waals surface area contributed by atoms with Crippen molar-refractivity contribution in [1.29, 1.82) is 0 Å². The summed E-state index contributed by atoms with van der Waals surface area (Å²) in [5, 5.41) is 3.01. The number of nitrogens with zero attached hydrogens (tertiary/aromatic N) is 1. The van der Waals surface area contributed by atoms with E-state index < -0.39 is 11.7 Å². The summed E-state index contributed by atoms with van der Waals surface area (Å²) in [6, 6.07) is 0. The van der Waals surface area contributed by atoms with Gasteiger partial charge in [-0.05, 0) is 20.8 Å². The Morgan fingerprint density at radius 1 is 1.64 bits per heavy atom. The summed E-state index contributed by atoms with van der Waals surface area (Å²) >= 11 is 5.36. The van der Waals surface area contributed by atoms with Crippen molar-refractivity contribution in [3.63, 3.8) is 0 Å². The maximum atomic E-state index is 11.2. The van der Waals surface area contributed by atoms with E-state index in [0.29, 0.717) is 5.13 Å². The number of amides is 1. The molecule has 0 spiro atoms. The van der Waals surface area contributed by atoms with E-state index in [1.807, 2.05) is 0 Å². The summed E-state index contributed by atoms with van der Waals surface area (Å²) in [6.45, 7) is 5.41. The molecule has 1 aromatic rings. The van der Waals surface area contributed by atoms with E-state index in [0.717, 1.165) is 4.21 Å². The molecule has 0 bridgehead atoms. The second kappa shape index (κ2) is 4.18. The molecule has 1 amide bonds. The third kappa shape index (κ3) is 3.97. The Labute approximate surface area is 92.1 Å². The van der Waals surface area contributed by atoms with Gasteiger partial charge in [-0.2, -0.15) is 0 Å². The van der Waals surface area contributed by atoms with Crippen LogP contribution in [0.3, 0.4) is 0 Å². The van der Waals surface area contributed by atoms with Crippen LogP contribution >= 0.6 is 24.0 Å². The van der Waals surface area contributed by atoms with E-state index in [-0.39, 0.29) is 0 Å². The molecule has 1 heterocycles. The molecular formula is C8H12N2O2S2. The quantitative estimate of drug-likeness (QED) is 0.732. The lowest BCUT2D eigenvalue weighted by atomic mass is 10.2. The lowest BCUT2D eigenvalue weighted by Gasteiger charge is -2.18. The molecule has 0 saturated carbocycles. The fraction of sp³-hybridized carbons (Fsp3) is 0.500. The van der Waals surface area contributed by atoms with Gasteiger partial charge in [-0.1, -0.05) is 11.3 Å². The van der Waals surface area contributed by atoms with Crippen molar-refractivity contribution in [2.75, 3.05) is 5.32 Å². The van der Waals surface area contributed by atoms with Crippen LogP contribution in [0.5, 0.6) is 0 Å². The molecule has 1 aromatic heterocycles. The van der Waals surface area contributed by atoms with Crippen LogP contribution in [-0.2, 0) is 4.74 Å². The standard InChI is InChI=1S/C8H12N2O2S2/c1-8(2,3)12-7(11)10-6-9-4-5(13)14-6/h4,13H,1-3H3,(H,9,10,11). The smallest absolute Gasteiger partial charge is 0.413 e. The Hall–Kier alpha value is -0.750. The molecule has 1 N–H and O–H groups in total. The molecule has 6 heteroatoms. The average molecular weight is 232 g/mol. The number of thiol groups is 1. The fourth-order valence-electron chi connectivity index (χ4n) is 0.714. The Morgan fingerprint density at radius 3 is 2.71 bits per heavy atom. The summed E-state index contributed by atoms with van der Waals surface area (Å²) in [7, 11) is 0. The minimum absolute atomic E-state index is 0.490. The molecule has 14 heavy (non-hydrogen) atoms. The third-order valence-corrected chi connectivity index (χ3v) is 2.21. The van der Waals surface area contributed by atoms with Crippen molar-refractivity contribution in [1.82, 2.24) is 4.98 Å². The predicted octanol–water partition coefficient (Wildman–Crippen LogP) is 2.78. The largest absolute Gasteiger partial charge is 0.444 e. The summed E-state index contributed by atoms with van der Waals surface area (Å²) in [4.78, 5) is 15.2. The van der Waals surface area contributed by atoms with Gasteiger partial charge in [-0.25, -0.2) is 9.78 Å². The second-order valence-corrected chi connectivity index (χ2v) is 5.45. The number of carbonyl (C=O) groups is 1. The van der Waals surface area contributed by atoms with Crippen LogP contribution in [0, 0.1) is 0 Å². The lowest BCUT2D eigenvalue weighted by molar-refractivity contribution is 0.0636. The molecule has 0 unspecified atom stereocenters. The number of rotatable bonds is 1. The maximum Gasteiger partial charge on any atom is 0.413 e. The monoisotopic (exact) mass is 232 g/mol. The summed E-state index contributed by atoms with van der Waals surface area (Å²) < 4.78 is 5.79. The van der Waals surface area contributed by atoms with Crippen molar-refractivity contribution >= 4 is 35.2 Å². The Kier molecular flexibility index (Phi) is 3.38. The summed E-state index contributed by atoms with van der Waals surface area (Å²) in [5.41, 5.74) is -0.495. The van der Waals surface area contributed by atoms with Crippen LogP contribution in [0.1, 0.15) is 20.8 Å². The topological polar surface area (TPSA) is 51.2 Å². The molecule has 0 aliphatic rings. The van der Waals surface area contributed by atoms with Crippen LogP contribution in [0.2, 0.25) is 0 Å². The Balaban J connectivity index is 2.50. The van der Waals surface area contributed by atoms with Crippen LogP contribution in [0.15, 0.2) is 10.4 Å². The third-order valence-electron chi connectivity index (χ3n) is 1.10. The zero-order valence-electron chi connectivity index (χ0n) is 8.20. The fourth-order valence-corrected chi connectivity index (χ4v) is 1.57. The Morgan fingerprint density at radius 2 is 2.29 bits per heavy atom. The molecule has 0 aliphatic heterocycles. The Bertz CT molecular complexity index is 330. The highest BCUT2D eigenvalue weighted by Gasteiger charge is 2.16. The first-order chi connectivity index (χ1) is 6.37. The van der Waals surface area contributed by atoms with Gasteiger partial charge in [-0.15, -0.1) is 12.6 Å². The van der Waals surface area contributed by atoms with Crippen molar-refractivity contribution in [3.05, 3.63) is 6.20 Å². The van der Waals surface area contributed by atoms with Crippen LogP contribution in [0.4, 0.5) is 9.93 Å². The molecule has 0 aromatic carbocycles. The first kappa shape index (κ1) is 11.3. The van der Waals surface area contributed by atoms with E-state index in [1.165, 1.54) is 11.3 Å². The van der Waals surface area contributed by atoms with Gasteiger partial charge in [0.1, 0.15) is 5.60 Å². The van der Waals surface area contributed by atoms with Gasteiger partial charge in [0.2, 0.25) is 0 Å². The van der Waals surface area contributed by atoms with Gasteiger partial charge in [0.15, 0.2) is 5.13 Å². The molecule has 0 fully saturated rings. The van der Waals surface area contributed by atoms with Crippen LogP contribution in [0.25, 0.3) is 0 Å². The zero-order chi connectivity index (χ0) is 10.8. The highest BCUT2D eigenvalue weighted by Crippen LogP contribution is 2.21. The van der Waals surface area contributed by atoms with Gasteiger partial charge < -0.3 is 4.74 Å². The van der Waals surface area contributed by atoms with Gasteiger partial charge >= 0.3 is 6.09 Å². The van der Waals surface area contributed by atoms with Crippen molar-refractivity contribution < 1.29 is 9.53 Å². The van der Waals surface area contributed by atoms with Crippen molar-refractivity contribution in [2.24, 2.45) is 0 Å². The normalized spacial score (nSPS) is 11.1. The number of hydrogen-bond donors (Lipinski definition) is 2. The number of hydrogen-bond acceptors (Lipinski definition) is 5. The molecule has 0 atom stereocenters. The highest BCUT2D eigenvalue weighted by atomic mass is 32.2. The van der Waals surface area contributed by atoms with Gasteiger partial charge in [-0.3, -0.25) is 5.32 Å². The number of ether oxygens (including phenoxy) is 1. The van der Waals surface area contributed by atoms with Gasteiger partial charge in [0.05, 0.1) is 10.4 Å². The SMILES string of the molecule is CC(C)(C)OC(=O)Nc1ncc(S)s1. The second-order valence-electron chi connectivity index (χ2n) is 3.63. The lowest BCUT2D eigenvalue weighted by Crippen LogP contribution is -2.27. The van der Waals surface area contributed by atoms with E-state index in [9.17, 15) is 4.79 Å². The minimum Gasteiger partial charge on any atom is -0.444 e. The van der Waals surface area contributed by atoms with E-state index in [1.54, 1.807) is 27.0 Å². The number of carbonyl (C=O) groups excluding carboxylic acids is 1. The molecule has 0 radical (unpaired) electrons. The van der Waals surface area contributed by atoms with E-state index >= 15 is 0 Å². The van der Waals surface area contributed by atoms with E-state index in [4.69, 9.17) is 4.74 Å². The van der Waals surface area contributed by atoms with Gasteiger partial charge in [0.25, 0.3) is 0 Å². The predicted molar refractivity (Wildman–Crippen MR) is 59.2 cm³/mol. The molecule has 78 valence electrons. The summed E-state index contributed by atoms with van der Waals surface area (Å²) in [6.07, 6.45) is 1.07. The van der Waals surface area contributed by atoms with Crippen molar-refractivity contribution in [2.45, 2.75) is 30.6 Å². The summed E-state index contributed by atoms with van der Waals surface area (Å²) in [5.74, 6) is 0. The average Bonchev–Trinajstić information content (AvgIpc) is 2.30. The molecule has 1 rings (SSSR count). The maximum absolute atomic E-state index is 11.2. The molecular weight excluding hydrogens is 220 g/mol.